The van der Waals surface area contributed by atoms with Crippen molar-refractivity contribution < 1.29 is 0 Å². The molecule has 18 heavy (non-hydrogen) atoms. The van der Waals surface area contributed by atoms with Gasteiger partial charge in [-0.3, -0.25) is 4.79 Å². The van der Waals surface area contributed by atoms with E-state index >= 15 is 0 Å². The predicted octanol–water partition coefficient (Wildman–Crippen LogP) is 4.00. The predicted molar refractivity (Wildman–Crippen MR) is 76.7 cm³/mol. The van der Waals surface area contributed by atoms with Crippen LogP contribution in [0.1, 0.15) is 0 Å². The van der Waals surface area contributed by atoms with Crippen molar-refractivity contribution in [3.05, 3.63) is 56.7 Å². The van der Waals surface area contributed by atoms with Gasteiger partial charge in [-0.15, -0.1) is 0 Å². The Morgan fingerprint density at radius 3 is 2.56 bits per heavy atom. The van der Waals surface area contributed by atoms with Crippen LogP contribution in [0.15, 0.2) is 41.2 Å². The zero-order valence-corrected chi connectivity index (χ0v) is 11.1. The Morgan fingerprint density at radius 2 is 1.78 bits per heavy atom. The van der Waals surface area contributed by atoms with E-state index in [9.17, 15) is 4.79 Å². The number of fused-ring (bicyclic) bond motifs is 2. The summed E-state index contributed by atoms with van der Waals surface area (Å²) >= 11 is 12.2. The minimum atomic E-state index is -0.0388. The topological polar surface area (TPSA) is 22.0 Å². The fraction of sp³-hybridized carbons (Fsp3) is 0.0714. The Hall–Kier alpha value is -1.51. The van der Waals surface area contributed by atoms with Gasteiger partial charge in [-0.25, -0.2) is 0 Å². The van der Waals surface area contributed by atoms with Crippen LogP contribution in [-0.4, -0.2) is 4.57 Å². The smallest absolute Gasteiger partial charge is 0.197 e. The Balaban J connectivity index is 2.72. The number of benzene rings is 2. The van der Waals surface area contributed by atoms with E-state index < -0.39 is 0 Å². The van der Waals surface area contributed by atoms with Gasteiger partial charge < -0.3 is 4.57 Å². The largest absolute Gasteiger partial charge is 0.342 e. The fourth-order valence-corrected chi connectivity index (χ4v) is 2.92. The number of aromatic nitrogens is 1. The van der Waals surface area contributed by atoms with Crippen molar-refractivity contribution >= 4 is 45.0 Å². The van der Waals surface area contributed by atoms with Crippen molar-refractivity contribution in [2.45, 2.75) is 0 Å². The first-order valence-electron chi connectivity index (χ1n) is 5.46. The highest BCUT2D eigenvalue weighted by atomic mass is 35.5. The SMILES string of the molecule is Cn1c2ccccc2c(=O)c2cc(Cl)cc(Cl)c21. The lowest BCUT2D eigenvalue weighted by molar-refractivity contribution is 1.00. The highest BCUT2D eigenvalue weighted by molar-refractivity contribution is 6.38. The molecule has 0 atom stereocenters. The van der Waals surface area contributed by atoms with E-state index in [1.807, 2.05) is 35.9 Å². The molecule has 0 spiro atoms. The van der Waals surface area contributed by atoms with E-state index in [2.05, 4.69) is 0 Å². The van der Waals surface area contributed by atoms with Gasteiger partial charge in [-0.1, -0.05) is 35.3 Å². The van der Waals surface area contributed by atoms with Crippen molar-refractivity contribution in [2.24, 2.45) is 7.05 Å². The van der Waals surface area contributed by atoms with E-state index in [0.717, 1.165) is 5.52 Å². The minimum Gasteiger partial charge on any atom is -0.342 e. The van der Waals surface area contributed by atoms with Crippen LogP contribution in [0, 0.1) is 0 Å². The van der Waals surface area contributed by atoms with Crippen LogP contribution in [-0.2, 0) is 7.05 Å². The molecule has 0 bridgehead atoms. The maximum Gasteiger partial charge on any atom is 0.197 e. The Kier molecular flexibility index (Phi) is 2.58. The summed E-state index contributed by atoms with van der Waals surface area (Å²) in [7, 11) is 1.89. The normalized spacial score (nSPS) is 11.3. The quantitative estimate of drug-likeness (QED) is 0.570. The average molecular weight is 278 g/mol. The van der Waals surface area contributed by atoms with Crippen molar-refractivity contribution in [1.82, 2.24) is 4.57 Å². The number of halogens is 2. The number of rotatable bonds is 0. The molecule has 2 nitrogen and oxygen atoms in total. The Bertz CT molecular complexity index is 836. The zero-order valence-electron chi connectivity index (χ0n) is 9.58. The third kappa shape index (κ3) is 1.53. The van der Waals surface area contributed by atoms with E-state index in [1.54, 1.807) is 12.1 Å². The summed E-state index contributed by atoms with van der Waals surface area (Å²) in [6, 6.07) is 10.8. The number of nitrogens with zero attached hydrogens (tertiary/aromatic N) is 1. The Morgan fingerprint density at radius 1 is 1.06 bits per heavy atom. The van der Waals surface area contributed by atoms with Gasteiger partial charge in [-0.2, -0.15) is 0 Å². The van der Waals surface area contributed by atoms with Gasteiger partial charge in [0, 0.05) is 22.8 Å². The molecular weight excluding hydrogens is 269 g/mol. The molecule has 4 heteroatoms. The molecule has 2 aromatic carbocycles. The van der Waals surface area contributed by atoms with Gasteiger partial charge in [0.25, 0.3) is 0 Å². The molecule has 1 heterocycles. The molecule has 0 unspecified atom stereocenters. The number of aryl methyl sites for hydroxylation is 1. The van der Waals surface area contributed by atoms with Crippen LogP contribution >= 0.6 is 23.2 Å². The van der Waals surface area contributed by atoms with Crippen molar-refractivity contribution in [3.8, 4) is 0 Å². The minimum absolute atomic E-state index is 0.0388. The van der Waals surface area contributed by atoms with E-state index in [1.165, 1.54) is 0 Å². The molecule has 0 saturated carbocycles. The van der Waals surface area contributed by atoms with Crippen molar-refractivity contribution in [2.75, 3.05) is 0 Å². The lowest BCUT2D eigenvalue weighted by atomic mass is 10.1. The lowest BCUT2D eigenvalue weighted by Gasteiger charge is -2.11. The molecule has 0 amide bonds. The van der Waals surface area contributed by atoms with Gasteiger partial charge >= 0.3 is 0 Å². The number of pyridine rings is 1. The maximum absolute atomic E-state index is 12.4. The summed E-state index contributed by atoms with van der Waals surface area (Å²) in [5, 5.41) is 2.18. The number of hydrogen-bond acceptors (Lipinski definition) is 1. The second-order valence-electron chi connectivity index (χ2n) is 4.19. The summed E-state index contributed by atoms with van der Waals surface area (Å²) < 4.78 is 1.92. The molecule has 3 aromatic rings. The summed E-state index contributed by atoms with van der Waals surface area (Å²) in [6.45, 7) is 0. The van der Waals surface area contributed by atoms with Gasteiger partial charge in [0.2, 0.25) is 0 Å². The van der Waals surface area contributed by atoms with E-state index in [-0.39, 0.29) is 5.43 Å². The Labute approximate surface area is 113 Å². The van der Waals surface area contributed by atoms with Crippen LogP contribution in [0.5, 0.6) is 0 Å². The number of hydrogen-bond donors (Lipinski definition) is 0. The fourth-order valence-electron chi connectivity index (χ4n) is 2.30. The van der Waals surface area contributed by atoms with Gasteiger partial charge in [0.05, 0.1) is 16.1 Å². The third-order valence-electron chi connectivity index (χ3n) is 3.12. The van der Waals surface area contributed by atoms with E-state index in [4.69, 9.17) is 23.2 Å². The van der Waals surface area contributed by atoms with Crippen LogP contribution in [0.4, 0.5) is 0 Å². The average Bonchev–Trinajstić information content (AvgIpc) is 2.35. The van der Waals surface area contributed by atoms with Gasteiger partial charge in [-0.05, 0) is 24.3 Å². The zero-order chi connectivity index (χ0) is 12.9. The third-order valence-corrected chi connectivity index (χ3v) is 3.62. The first-order valence-corrected chi connectivity index (χ1v) is 6.21. The van der Waals surface area contributed by atoms with Crippen LogP contribution < -0.4 is 5.43 Å². The van der Waals surface area contributed by atoms with Crippen LogP contribution in [0.2, 0.25) is 10.0 Å². The molecule has 0 radical (unpaired) electrons. The van der Waals surface area contributed by atoms with Crippen LogP contribution in [0.3, 0.4) is 0 Å². The van der Waals surface area contributed by atoms with Crippen molar-refractivity contribution in [1.29, 1.82) is 0 Å². The molecule has 3 rings (SSSR count). The molecular formula is C14H9Cl2NO. The van der Waals surface area contributed by atoms with Crippen LogP contribution in [0.25, 0.3) is 21.8 Å². The summed E-state index contributed by atoms with van der Waals surface area (Å²) in [4.78, 5) is 12.4. The summed E-state index contributed by atoms with van der Waals surface area (Å²) in [6.07, 6.45) is 0. The molecule has 0 fully saturated rings. The molecule has 0 aliphatic carbocycles. The standard InChI is InChI=1S/C14H9Cl2NO/c1-17-12-5-3-2-4-9(12)14(18)10-6-8(15)7-11(16)13(10)17/h2-7H,1H3. The second kappa shape index (κ2) is 4.01. The molecule has 0 N–H and O–H groups in total. The molecule has 0 aliphatic heterocycles. The molecule has 1 aromatic heterocycles. The van der Waals surface area contributed by atoms with E-state index in [0.29, 0.717) is 26.3 Å². The second-order valence-corrected chi connectivity index (χ2v) is 5.03. The summed E-state index contributed by atoms with van der Waals surface area (Å²) in [5.74, 6) is 0. The van der Waals surface area contributed by atoms with Gasteiger partial charge in [0.1, 0.15) is 0 Å². The van der Waals surface area contributed by atoms with Crippen molar-refractivity contribution in [3.63, 3.8) is 0 Å². The summed E-state index contributed by atoms with van der Waals surface area (Å²) in [5.41, 5.74) is 1.53. The first kappa shape index (κ1) is 11.6. The maximum atomic E-state index is 12.4. The van der Waals surface area contributed by atoms with Gasteiger partial charge in [0.15, 0.2) is 5.43 Å². The first-order chi connectivity index (χ1) is 8.59. The monoisotopic (exact) mass is 277 g/mol. The lowest BCUT2D eigenvalue weighted by Crippen LogP contribution is -2.09. The highest BCUT2D eigenvalue weighted by Crippen LogP contribution is 2.28. The molecule has 0 aliphatic rings. The number of para-hydroxylation sites is 1. The highest BCUT2D eigenvalue weighted by Gasteiger charge is 2.11. The molecule has 90 valence electrons. The molecule has 0 saturated heterocycles.